The van der Waals surface area contributed by atoms with Crippen LogP contribution >= 0.6 is 0 Å². The van der Waals surface area contributed by atoms with Crippen LogP contribution in [-0.4, -0.2) is 52.5 Å². The Bertz CT molecular complexity index is 1570. The molecule has 7 N–H and O–H groups in total. The number of carboxylic acid groups (broad SMARTS) is 1. The van der Waals surface area contributed by atoms with E-state index in [1.54, 1.807) is 42.5 Å². The lowest BCUT2D eigenvalue weighted by atomic mass is 10.0. The van der Waals surface area contributed by atoms with Crippen molar-refractivity contribution in [1.29, 1.82) is 5.41 Å². The SMILES string of the molecule is CCOc1cc(C(Nc2ccc(C(=N)N)cc2)C(=O)NNC(=O)c2ccccc2[N+](=O)[O-])ccc1OC(C)C.O=C(O)C(F)(F)F. The van der Waals surface area contributed by atoms with E-state index < -0.39 is 40.6 Å². The Balaban J connectivity index is 0.000000942. The van der Waals surface area contributed by atoms with E-state index in [9.17, 15) is 32.9 Å². The van der Waals surface area contributed by atoms with Crippen LogP contribution in [0.2, 0.25) is 0 Å². The number of hydrogen-bond acceptors (Lipinski definition) is 9. The van der Waals surface area contributed by atoms with E-state index >= 15 is 0 Å². The highest BCUT2D eigenvalue weighted by Crippen LogP contribution is 2.33. The fourth-order valence-corrected chi connectivity index (χ4v) is 3.62. The lowest BCUT2D eigenvalue weighted by molar-refractivity contribution is -0.385. The summed E-state index contributed by atoms with van der Waals surface area (Å²) < 4.78 is 43.3. The molecule has 0 aliphatic rings. The van der Waals surface area contributed by atoms with Gasteiger partial charge in [0.25, 0.3) is 17.5 Å². The van der Waals surface area contributed by atoms with Crippen molar-refractivity contribution >= 4 is 35.0 Å². The Morgan fingerprint density at radius 1 is 1.02 bits per heavy atom. The number of nitro benzene ring substituents is 1. The number of carboxylic acids is 1. The van der Waals surface area contributed by atoms with Gasteiger partial charge in [0, 0.05) is 17.3 Å². The van der Waals surface area contributed by atoms with Crippen LogP contribution < -0.4 is 31.4 Å². The van der Waals surface area contributed by atoms with Crippen LogP contribution in [0, 0.1) is 15.5 Å². The van der Waals surface area contributed by atoms with Crippen molar-refractivity contribution in [2.24, 2.45) is 5.73 Å². The second kappa shape index (κ2) is 16.3. The molecule has 0 saturated carbocycles. The summed E-state index contributed by atoms with van der Waals surface area (Å²) in [4.78, 5) is 45.5. The number of carbonyl (C=O) groups is 3. The van der Waals surface area contributed by atoms with Crippen LogP contribution in [-0.2, 0) is 9.59 Å². The van der Waals surface area contributed by atoms with Crippen molar-refractivity contribution in [2.75, 3.05) is 11.9 Å². The van der Waals surface area contributed by atoms with E-state index in [4.69, 9.17) is 30.5 Å². The third-order valence-electron chi connectivity index (χ3n) is 5.62. The highest BCUT2D eigenvalue weighted by atomic mass is 19.4. The van der Waals surface area contributed by atoms with Crippen molar-refractivity contribution in [3.05, 3.63) is 93.5 Å². The van der Waals surface area contributed by atoms with Crippen molar-refractivity contribution < 1.29 is 47.1 Å². The smallest absolute Gasteiger partial charge is 0.490 e. The number of aliphatic carboxylic acids is 1. The number of rotatable bonds is 11. The van der Waals surface area contributed by atoms with Gasteiger partial charge in [-0.3, -0.25) is 36.0 Å². The fourth-order valence-electron chi connectivity index (χ4n) is 3.62. The van der Waals surface area contributed by atoms with Gasteiger partial charge in [-0.25, -0.2) is 4.79 Å². The van der Waals surface area contributed by atoms with Crippen molar-refractivity contribution in [1.82, 2.24) is 10.9 Å². The fraction of sp³-hybridized carbons (Fsp3) is 0.241. The molecular formula is C29H31F3N6O8. The first-order valence-electron chi connectivity index (χ1n) is 13.3. The number of hydrazine groups is 1. The molecule has 0 saturated heterocycles. The Morgan fingerprint density at radius 2 is 1.63 bits per heavy atom. The summed E-state index contributed by atoms with van der Waals surface area (Å²) in [6, 6.07) is 16.0. The summed E-state index contributed by atoms with van der Waals surface area (Å²) in [6.07, 6.45) is -5.19. The normalized spacial score (nSPS) is 11.3. The Hall–Kier alpha value is -5.87. The first-order chi connectivity index (χ1) is 21.5. The summed E-state index contributed by atoms with van der Waals surface area (Å²) >= 11 is 0. The minimum atomic E-state index is -5.08. The number of nitro groups is 1. The summed E-state index contributed by atoms with van der Waals surface area (Å²) in [7, 11) is 0. The predicted molar refractivity (Wildman–Crippen MR) is 160 cm³/mol. The van der Waals surface area contributed by atoms with E-state index in [1.165, 1.54) is 24.3 Å². The first-order valence-corrected chi connectivity index (χ1v) is 13.3. The summed E-state index contributed by atoms with van der Waals surface area (Å²) in [5.74, 6) is -3.43. The molecule has 14 nitrogen and oxygen atoms in total. The van der Waals surface area contributed by atoms with Crippen LogP contribution in [0.1, 0.15) is 48.3 Å². The molecule has 0 fully saturated rings. The molecule has 0 radical (unpaired) electrons. The van der Waals surface area contributed by atoms with Gasteiger partial charge >= 0.3 is 12.1 Å². The minimum Gasteiger partial charge on any atom is -0.490 e. The molecule has 0 aliphatic carbocycles. The molecule has 0 bridgehead atoms. The molecule has 1 atom stereocenters. The number of benzene rings is 3. The highest BCUT2D eigenvalue weighted by Gasteiger charge is 2.38. The van der Waals surface area contributed by atoms with Crippen LogP contribution in [0.15, 0.2) is 66.7 Å². The molecular weight excluding hydrogens is 617 g/mol. The van der Waals surface area contributed by atoms with E-state index in [0.29, 0.717) is 34.9 Å². The molecule has 3 rings (SSSR count). The molecule has 0 aliphatic heterocycles. The van der Waals surface area contributed by atoms with E-state index in [1.807, 2.05) is 20.8 Å². The average molecular weight is 649 g/mol. The second-order valence-corrected chi connectivity index (χ2v) is 9.39. The number of nitrogens with one attached hydrogen (secondary N) is 4. The monoisotopic (exact) mass is 648 g/mol. The number of anilines is 1. The predicted octanol–water partition coefficient (Wildman–Crippen LogP) is 4.31. The molecule has 0 heterocycles. The van der Waals surface area contributed by atoms with Gasteiger partial charge in [0.05, 0.1) is 17.6 Å². The van der Waals surface area contributed by atoms with Gasteiger partial charge in [0.15, 0.2) is 11.5 Å². The number of amides is 2. The molecule has 17 heteroatoms. The van der Waals surface area contributed by atoms with Gasteiger partial charge in [-0.2, -0.15) is 13.2 Å². The number of para-hydroxylation sites is 1. The number of carbonyl (C=O) groups excluding carboxylic acids is 2. The first kappa shape index (κ1) is 36.3. The summed E-state index contributed by atoms with van der Waals surface area (Å²) in [5.41, 5.74) is 11.0. The van der Waals surface area contributed by atoms with Crippen molar-refractivity contribution in [3.8, 4) is 11.5 Å². The van der Waals surface area contributed by atoms with Gasteiger partial charge in [0.2, 0.25) is 0 Å². The maximum atomic E-state index is 13.4. The second-order valence-electron chi connectivity index (χ2n) is 9.39. The molecule has 0 aromatic heterocycles. The third kappa shape index (κ3) is 10.7. The summed E-state index contributed by atoms with van der Waals surface area (Å²) in [6.45, 7) is 5.95. The zero-order valence-electron chi connectivity index (χ0n) is 24.7. The maximum absolute atomic E-state index is 13.4. The van der Waals surface area contributed by atoms with E-state index in [2.05, 4.69) is 16.2 Å². The number of amidine groups is 1. The zero-order chi connectivity index (χ0) is 34.6. The molecule has 0 spiro atoms. The molecule has 246 valence electrons. The summed E-state index contributed by atoms with van der Waals surface area (Å²) in [5, 5.41) is 29.1. The average Bonchev–Trinajstić information content (AvgIpc) is 2.99. The number of nitrogen functional groups attached to an aromatic ring is 1. The number of nitrogens with zero attached hydrogens (tertiary/aromatic N) is 1. The largest absolute Gasteiger partial charge is 0.490 e. The van der Waals surface area contributed by atoms with Gasteiger partial charge in [-0.15, -0.1) is 0 Å². The van der Waals surface area contributed by atoms with Crippen molar-refractivity contribution in [3.63, 3.8) is 0 Å². The third-order valence-corrected chi connectivity index (χ3v) is 5.62. The number of halogens is 3. The van der Waals surface area contributed by atoms with E-state index in [0.717, 1.165) is 0 Å². The molecule has 3 aromatic rings. The molecule has 3 aromatic carbocycles. The van der Waals surface area contributed by atoms with Crippen LogP contribution in [0.25, 0.3) is 0 Å². The Kier molecular flexibility index (Phi) is 12.8. The molecule has 46 heavy (non-hydrogen) atoms. The number of alkyl halides is 3. The number of ether oxygens (including phenoxy) is 2. The van der Waals surface area contributed by atoms with Gasteiger partial charge in [-0.05, 0) is 68.8 Å². The quantitative estimate of drug-likeness (QED) is 0.0749. The zero-order valence-corrected chi connectivity index (χ0v) is 24.7. The molecule has 2 amide bonds. The van der Waals surface area contributed by atoms with Crippen LogP contribution in [0.5, 0.6) is 11.5 Å². The molecule has 1 unspecified atom stereocenters. The number of hydrogen-bond donors (Lipinski definition) is 6. The standard InChI is InChI=1S/C27H30N6O6.C2HF3O2/c1-4-38-23-15-18(11-14-22(23)39-16(2)3)24(30-19-12-9-17(10-13-19)25(28)29)27(35)32-31-26(34)20-7-5-6-8-21(20)33(36)37;3-2(4,5)1(6)7/h5-16,24,30H,4H2,1-3H3,(H3,28,29)(H,31,34)(H,32,35);(H,6,7). The number of nitrogens with two attached hydrogens (primary N) is 1. The lowest BCUT2D eigenvalue weighted by Crippen LogP contribution is -2.45. The Labute approximate surface area is 260 Å². The van der Waals surface area contributed by atoms with Crippen molar-refractivity contribution in [2.45, 2.75) is 39.1 Å². The maximum Gasteiger partial charge on any atom is 0.490 e. The van der Waals surface area contributed by atoms with Gasteiger partial charge in [-0.1, -0.05) is 18.2 Å². The van der Waals surface area contributed by atoms with E-state index in [-0.39, 0.29) is 17.5 Å². The Morgan fingerprint density at radius 3 is 2.15 bits per heavy atom. The minimum absolute atomic E-state index is 0.101. The van der Waals surface area contributed by atoms with Crippen LogP contribution in [0.4, 0.5) is 24.5 Å². The topological polar surface area (TPSA) is 219 Å². The van der Waals surface area contributed by atoms with Crippen LogP contribution in [0.3, 0.4) is 0 Å². The lowest BCUT2D eigenvalue weighted by Gasteiger charge is -2.22. The van der Waals surface area contributed by atoms with Gasteiger partial charge in [0.1, 0.15) is 17.4 Å². The highest BCUT2D eigenvalue weighted by molar-refractivity contribution is 5.99. The van der Waals surface area contributed by atoms with Gasteiger partial charge < -0.3 is 25.6 Å².